The van der Waals surface area contributed by atoms with E-state index in [1.54, 1.807) is 0 Å². The van der Waals surface area contributed by atoms with Gasteiger partial charge in [-0.05, 0) is 51.7 Å². The van der Waals surface area contributed by atoms with E-state index in [1.165, 1.54) is 0 Å². The van der Waals surface area contributed by atoms with Crippen LogP contribution in [-0.4, -0.2) is 43.8 Å². The van der Waals surface area contributed by atoms with Gasteiger partial charge in [-0.2, -0.15) is 0 Å². The Morgan fingerprint density at radius 2 is 1.88 bits per heavy atom. The highest BCUT2D eigenvalue weighted by Crippen LogP contribution is 2.36. The summed E-state index contributed by atoms with van der Waals surface area (Å²) in [5, 5.41) is 2.76. The number of fused-ring (bicyclic) bond motifs is 1. The molecule has 0 aromatic heterocycles. The monoisotopic (exact) mass is 345 g/mol. The van der Waals surface area contributed by atoms with Crippen LogP contribution < -0.4 is 15.1 Å². The van der Waals surface area contributed by atoms with Gasteiger partial charge in [0.2, 0.25) is 0 Å². The van der Waals surface area contributed by atoms with Gasteiger partial charge in [0.25, 0.3) is 5.91 Å². The Kier molecular flexibility index (Phi) is 4.62. The van der Waals surface area contributed by atoms with Crippen LogP contribution in [0.5, 0.6) is 0 Å². The predicted octanol–water partition coefficient (Wildman–Crippen LogP) is 2.77. The lowest BCUT2D eigenvalue weighted by atomic mass is 10.2. The molecule has 0 bridgehead atoms. The molecule has 2 aliphatic rings. The Morgan fingerprint density at radius 3 is 2.48 bits per heavy atom. The van der Waals surface area contributed by atoms with Crippen LogP contribution in [0.4, 0.5) is 16.2 Å². The molecular weight excluding hydrogens is 318 g/mol. The maximum absolute atomic E-state index is 13.1. The van der Waals surface area contributed by atoms with E-state index >= 15 is 0 Å². The van der Waals surface area contributed by atoms with Crippen LogP contribution in [0.1, 0.15) is 33.6 Å². The van der Waals surface area contributed by atoms with Gasteiger partial charge in [0, 0.05) is 20.1 Å². The van der Waals surface area contributed by atoms with Crippen LogP contribution >= 0.6 is 0 Å². The van der Waals surface area contributed by atoms with E-state index in [0.29, 0.717) is 19.0 Å². The number of likely N-dealkylation sites (N-methyl/N-ethyl adjacent to an activating group) is 1. The quantitative estimate of drug-likeness (QED) is 0.915. The second-order valence-corrected chi connectivity index (χ2v) is 7.96. The van der Waals surface area contributed by atoms with E-state index < -0.39 is 17.7 Å². The molecule has 0 saturated heterocycles. The smallest absolute Gasteiger partial charge is 0.408 e. The molecule has 1 N–H and O–H groups in total. The van der Waals surface area contributed by atoms with E-state index in [1.807, 2.05) is 61.9 Å². The topological polar surface area (TPSA) is 61.9 Å². The summed E-state index contributed by atoms with van der Waals surface area (Å²) < 4.78 is 5.33. The van der Waals surface area contributed by atoms with Gasteiger partial charge in [0.1, 0.15) is 11.6 Å². The Morgan fingerprint density at radius 1 is 1.24 bits per heavy atom. The third kappa shape index (κ3) is 4.24. The number of hydrogen-bond acceptors (Lipinski definition) is 4. The molecule has 1 atom stereocenters. The summed E-state index contributed by atoms with van der Waals surface area (Å²) in [7, 11) is 1.94. The van der Waals surface area contributed by atoms with Crippen molar-refractivity contribution in [1.29, 1.82) is 0 Å². The van der Waals surface area contributed by atoms with Crippen LogP contribution in [0.3, 0.4) is 0 Å². The number of hydrogen-bond donors (Lipinski definition) is 1. The minimum atomic E-state index is -0.633. The third-order valence-corrected chi connectivity index (χ3v) is 4.43. The van der Waals surface area contributed by atoms with E-state index in [9.17, 15) is 9.59 Å². The number of carbonyl (C=O) groups excluding carboxylic acids is 2. The lowest BCUT2D eigenvalue weighted by molar-refractivity contribution is -0.120. The van der Waals surface area contributed by atoms with Crippen molar-refractivity contribution in [2.45, 2.75) is 45.3 Å². The molecule has 3 rings (SSSR count). The number of rotatable bonds is 3. The number of anilines is 2. The molecule has 0 radical (unpaired) electrons. The molecule has 1 aromatic carbocycles. The number of para-hydroxylation sites is 2. The third-order valence-electron chi connectivity index (χ3n) is 4.43. The molecule has 1 aromatic rings. The number of nitrogens with one attached hydrogen (secondary N) is 1. The van der Waals surface area contributed by atoms with Crippen molar-refractivity contribution in [2.75, 3.05) is 29.9 Å². The normalized spacial score (nSPS) is 20.8. The maximum Gasteiger partial charge on any atom is 0.408 e. The Balaban J connectivity index is 1.84. The van der Waals surface area contributed by atoms with E-state index in [0.717, 1.165) is 24.2 Å². The molecule has 0 spiro atoms. The van der Waals surface area contributed by atoms with Crippen molar-refractivity contribution in [3.05, 3.63) is 24.3 Å². The molecule has 1 aliphatic carbocycles. The van der Waals surface area contributed by atoms with Gasteiger partial charge in [0.15, 0.2) is 0 Å². The Bertz CT molecular complexity index is 664. The highest BCUT2D eigenvalue weighted by Gasteiger charge is 2.37. The zero-order chi connectivity index (χ0) is 18.2. The average Bonchev–Trinajstić information content (AvgIpc) is 3.33. The number of nitrogens with zero attached hydrogens (tertiary/aromatic N) is 2. The van der Waals surface area contributed by atoms with E-state index in [2.05, 4.69) is 5.32 Å². The van der Waals surface area contributed by atoms with Crippen LogP contribution in [-0.2, 0) is 9.53 Å². The van der Waals surface area contributed by atoms with Crippen molar-refractivity contribution in [3.63, 3.8) is 0 Å². The van der Waals surface area contributed by atoms with Crippen molar-refractivity contribution in [3.8, 4) is 0 Å². The summed E-state index contributed by atoms with van der Waals surface area (Å²) >= 11 is 0. The van der Waals surface area contributed by atoms with Gasteiger partial charge in [-0.15, -0.1) is 0 Å². The van der Waals surface area contributed by atoms with Gasteiger partial charge < -0.3 is 19.9 Å². The highest BCUT2D eigenvalue weighted by atomic mass is 16.6. The minimum absolute atomic E-state index is 0.0745. The fourth-order valence-electron chi connectivity index (χ4n) is 3.08. The van der Waals surface area contributed by atoms with Gasteiger partial charge in [-0.1, -0.05) is 12.1 Å². The van der Waals surface area contributed by atoms with Crippen molar-refractivity contribution in [1.82, 2.24) is 5.32 Å². The minimum Gasteiger partial charge on any atom is -0.444 e. The molecule has 25 heavy (non-hydrogen) atoms. The van der Waals surface area contributed by atoms with E-state index in [-0.39, 0.29) is 5.91 Å². The maximum atomic E-state index is 13.1. The standard InChI is InChI=1S/C19H27N3O3/c1-19(2,3)25-18(24)20-14-12-21(4)15-7-5-6-8-16(15)22(17(14)23)11-13-9-10-13/h5-8,13-14H,9-12H2,1-4H3,(H,20,24). The molecule has 6 heteroatoms. The molecule has 2 amide bonds. The number of benzene rings is 1. The first-order valence-corrected chi connectivity index (χ1v) is 8.85. The lowest BCUT2D eigenvalue weighted by Crippen LogP contribution is -2.53. The number of ether oxygens (including phenoxy) is 1. The SMILES string of the molecule is CN1CC(NC(=O)OC(C)(C)C)C(=O)N(CC2CC2)c2ccccc21. The predicted molar refractivity (Wildman–Crippen MR) is 97.9 cm³/mol. The van der Waals surface area contributed by atoms with Gasteiger partial charge in [-0.3, -0.25) is 4.79 Å². The Labute approximate surface area is 149 Å². The summed E-state index contributed by atoms with van der Waals surface area (Å²) in [6.07, 6.45) is 1.76. The fraction of sp³-hybridized carbons (Fsp3) is 0.579. The van der Waals surface area contributed by atoms with E-state index in [4.69, 9.17) is 4.74 Å². The van der Waals surface area contributed by atoms with Crippen molar-refractivity contribution < 1.29 is 14.3 Å². The first kappa shape index (κ1) is 17.6. The molecule has 1 unspecified atom stereocenters. The number of alkyl carbamates (subject to hydrolysis) is 1. The van der Waals surface area contributed by atoms with Crippen molar-refractivity contribution >= 4 is 23.4 Å². The summed E-state index contributed by atoms with van der Waals surface area (Å²) in [4.78, 5) is 29.2. The number of carbonyl (C=O) groups is 2. The van der Waals surface area contributed by atoms with Crippen LogP contribution in [0.25, 0.3) is 0 Å². The molecular formula is C19H27N3O3. The number of amides is 2. The van der Waals surface area contributed by atoms with Crippen LogP contribution in [0.2, 0.25) is 0 Å². The Hall–Kier alpha value is -2.24. The fourth-order valence-corrected chi connectivity index (χ4v) is 3.08. The average molecular weight is 345 g/mol. The van der Waals surface area contributed by atoms with Gasteiger partial charge in [0.05, 0.1) is 11.4 Å². The van der Waals surface area contributed by atoms with Crippen LogP contribution in [0.15, 0.2) is 24.3 Å². The second-order valence-electron chi connectivity index (χ2n) is 7.96. The summed E-state index contributed by atoms with van der Waals surface area (Å²) in [5.41, 5.74) is 1.32. The summed E-state index contributed by atoms with van der Waals surface area (Å²) in [5.74, 6) is 0.483. The largest absolute Gasteiger partial charge is 0.444 e. The zero-order valence-electron chi connectivity index (χ0n) is 15.4. The molecule has 6 nitrogen and oxygen atoms in total. The van der Waals surface area contributed by atoms with Crippen molar-refractivity contribution in [2.24, 2.45) is 5.92 Å². The molecule has 1 heterocycles. The van der Waals surface area contributed by atoms with Gasteiger partial charge in [-0.25, -0.2) is 4.79 Å². The summed E-state index contributed by atoms with van der Waals surface area (Å²) in [6.45, 7) is 6.54. The lowest BCUT2D eigenvalue weighted by Gasteiger charge is -2.26. The van der Waals surface area contributed by atoms with Gasteiger partial charge >= 0.3 is 6.09 Å². The molecule has 1 saturated carbocycles. The van der Waals surface area contributed by atoms with Crippen LogP contribution in [0, 0.1) is 5.92 Å². The molecule has 136 valence electrons. The summed E-state index contributed by atoms with van der Waals surface area (Å²) in [6, 6.07) is 7.27. The first-order chi connectivity index (χ1) is 11.7. The second kappa shape index (κ2) is 6.58. The zero-order valence-corrected chi connectivity index (χ0v) is 15.4. The molecule has 1 aliphatic heterocycles. The highest BCUT2D eigenvalue weighted by molar-refractivity contribution is 6.03. The first-order valence-electron chi connectivity index (χ1n) is 8.85. The molecule has 1 fully saturated rings.